The van der Waals surface area contributed by atoms with Gasteiger partial charge in [-0.1, -0.05) is 29.8 Å². The molecule has 0 bridgehead atoms. The van der Waals surface area contributed by atoms with Crippen LogP contribution in [0.3, 0.4) is 0 Å². The summed E-state index contributed by atoms with van der Waals surface area (Å²) in [5, 5.41) is 9.08. The molecule has 1 heterocycles. The zero-order chi connectivity index (χ0) is 25.8. The molecule has 1 saturated heterocycles. The summed E-state index contributed by atoms with van der Waals surface area (Å²) in [7, 11) is 0. The molecule has 36 heavy (non-hydrogen) atoms. The van der Waals surface area contributed by atoms with Crippen LogP contribution in [-0.4, -0.2) is 28.8 Å². The van der Waals surface area contributed by atoms with Crippen molar-refractivity contribution in [3.8, 4) is 11.5 Å². The average Bonchev–Trinajstić information content (AvgIpc) is 3.11. The van der Waals surface area contributed by atoms with E-state index in [-0.39, 0.29) is 17.1 Å². The number of hydrogen-bond acceptors (Lipinski definition) is 6. The molecule has 0 radical (unpaired) electrons. The Bertz CT molecular complexity index is 1380. The van der Waals surface area contributed by atoms with E-state index in [1.165, 1.54) is 12.1 Å². The van der Waals surface area contributed by atoms with Crippen LogP contribution >= 0.6 is 46.0 Å². The SMILES string of the molecule is CCOc1cc(/C=C2/SC(=O)N(c3cccc(Cl)c3)C2=O)cc(I)c1OCc1ccc(C(=O)O)cc1. The molecule has 0 atom stereocenters. The topological polar surface area (TPSA) is 93.1 Å². The Morgan fingerprint density at radius 3 is 2.53 bits per heavy atom. The number of rotatable bonds is 8. The first-order valence-corrected chi connectivity index (χ1v) is 13.0. The second-order valence-corrected chi connectivity index (χ2v) is 10.1. The van der Waals surface area contributed by atoms with Gasteiger partial charge in [0.05, 0.1) is 26.3 Å². The molecule has 1 N–H and O–H groups in total. The third-order valence-corrected chi connectivity index (χ3v) is 6.98. The van der Waals surface area contributed by atoms with Crippen molar-refractivity contribution in [2.75, 3.05) is 11.5 Å². The monoisotopic (exact) mass is 635 g/mol. The van der Waals surface area contributed by atoms with Crippen LogP contribution < -0.4 is 14.4 Å². The molecular weight excluding hydrogens is 617 g/mol. The molecule has 0 spiro atoms. The van der Waals surface area contributed by atoms with E-state index in [1.807, 2.05) is 13.0 Å². The van der Waals surface area contributed by atoms with Gasteiger partial charge in [-0.15, -0.1) is 0 Å². The van der Waals surface area contributed by atoms with Gasteiger partial charge >= 0.3 is 5.97 Å². The fourth-order valence-electron chi connectivity index (χ4n) is 3.43. The number of benzene rings is 3. The van der Waals surface area contributed by atoms with E-state index in [0.717, 1.165) is 25.8 Å². The maximum atomic E-state index is 13.0. The standard InChI is InChI=1S/C26H19ClINO6S/c1-2-34-21-11-16(10-20(28)23(21)35-14-15-6-8-17(9-7-15)25(31)32)12-22-24(30)29(26(33)36-22)19-5-3-4-18(27)13-19/h3-13H,2,14H2,1H3,(H,31,32)/b22-12+. The van der Waals surface area contributed by atoms with E-state index in [4.69, 9.17) is 26.2 Å². The van der Waals surface area contributed by atoms with Gasteiger partial charge in [0.15, 0.2) is 11.5 Å². The van der Waals surface area contributed by atoms with Crippen molar-refractivity contribution in [1.29, 1.82) is 0 Å². The summed E-state index contributed by atoms with van der Waals surface area (Å²) in [5.74, 6) is -0.391. The lowest BCUT2D eigenvalue weighted by atomic mass is 10.1. The number of halogens is 2. The lowest BCUT2D eigenvalue weighted by Gasteiger charge is -2.15. The van der Waals surface area contributed by atoms with Crippen LogP contribution in [0.5, 0.6) is 11.5 Å². The number of hydrogen-bond donors (Lipinski definition) is 1. The molecular formula is C26H19ClINO6S. The van der Waals surface area contributed by atoms with Gasteiger partial charge in [-0.25, -0.2) is 9.69 Å². The minimum absolute atomic E-state index is 0.201. The minimum Gasteiger partial charge on any atom is -0.490 e. The largest absolute Gasteiger partial charge is 0.490 e. The number of amides is 2. The summed E-state index contributed by atoms with van der Waals surface area (Å²) in [6.07, 6.45) is 1.65. The van der Waals surface area contributed by atoms with E-state index in [1.54, 1.807) is 48.5 Å². The fourth-order valence-corrected chi connectivity index (χ4v) is 5.24. The van der Waals surface area contributed by atoms with Crippen molar-refractivity contribution in [2.45, 2.75) is 13.5 Å². The first-order valence-electron chi connectivity index (χ1n) is 10.7. The Labute approximate surface area is 230 Å². The zero-order valence-electron chi connectivity index (χ0n) is 18.9. The maximum absolute atomic E-state index is 13.0. The van der Waals surface area contributed by atoms with Crippen LogP contribution in [0.15, 0.2) is 65.6 Å². The van der Waals surface area contributed by atoms with Crippen molar-refractivity contribution < 1.29 is 29.0 Å². The van der Waals surface area contributed by atoms with Crippen LogP contribution in [0.2, 0.25) is 5.02 Å². The molecule has 10 heteroatoms. The maximum Gasteiger partial charge on any atom is 0.335 e. The highest BCUT2D eigenvalue weighted by Gasteiger charge is 2.36. The molecule has 1 aliphatic rings. The van der Waals surface area contributed by atoms with Gasteiger partial charge in [0.2, 0.25) is 0 Å². The summed E-state index contributed by atoms with van der Waals surface area (Å²) < 4.78 is 12.6. The number of nitrogens with zero attached hydrogens (tertiary/aromatic N) is 1. The molecule has 0 aliphatic carbocycles. The van der Waals surface area contributed by atoms with Gasteiger partial charge in [-0.05, 0) is 101 Å². The summed E-state index contributed by atoms with van der Waals surface area (Å²) in [6, 6.07) is 16.6. The molecule has 0 aromatic heterocycles. The van der Waals surface area contributed by atoms with Gasteiger partial charge in [-0.3, -0.25) is 9.59 Å². The van der Waals surface area contributed by atoms with Crippen molar-refractivity contribution in [1.82, 2.24) is 0 Å². The first kappa shape index (κ1) is 26.1. The lowest BCUT2D eigenvalue weighted by molar-refractivity contribution is -0.113. The lowest BCUT2D eigenvalue weighted by Crippen LogP contribution is -2.27. The Hall–Kier alpha value is -3.02. The molecule has 4 rings (SSSR count). The summed E-state index contributed by atoms with van der Waals surface area (Å²) in [4.78, 5) is 38.0. The van der Waals surface area contributed by atoms with Crippen molar-refractivity contribution >= 4 is 74.8 Å². The molecule has 0 saturated carbocycles. The van der Waals surface area contributed by atoms with E-state index in [9.17, 15) is 14.4 Å². The molecule has 3 aromatic rings. The predicted octanol–water partition coefficient (Wildman–Crippen LogP) is 6.86. The second-order valence-electron chi connectivity index (χ2n) is 7.55. The van der Waals surface area contributed by atoms with Crippen LogP contribution in [0.25, 0.3) is 6.08 Å². The molecule has 0 unspecified atom stereocenters. The Morgan fingerprint density at radius 1 is 1.11 bits per heavy atom. The van der Waals surface area contributed by atoms with Gasteiger partial charge in [0.1, 0.15) is 6.61 Å². The fraction of sp³-hybridized carbons (Fsp3) is 0.115. The van der Waals surface area contributed by atoms with E-state index in [2.05, 4.69) is 22.6 Å². The summed E-state index contributed by atoms with van der Waals surface area (Å²) >= 11 is 9.01. The third kappa shape index (κ3) is 5.85. The second kappa shape index (κ2) is 11.4. The summed E-state index contributed by atoms with van der Waals surface area (Å²) in [6.45, 7) is 2.46. The van der Waals surface area contributed by atoms with Gasteiger partial charge in [0, 0.05) is 5.02 Å². The number of carboxylic acid groups (broad SMARTS) is 1. The van der Waals surface area contributed by atoms with Crippen LogP contribution in [0, 0.1) is 3.57 Å². The normalized spacial score (nSPS) is 14.4. The highest BCUT2D eigenvalue weighted by molar-refractivity contribution is 14.1. The molecule has 3 aromatic carbocycles. The number of ether oxygens (including phenoxy) is 2. The molecule has 1 aliphatic heterocycles. The van der Waals surface area contributed by atoms with Crippen LogP contribution in [0.4, 0.5) is 10.5 Å². The number of carbonyl (C=O) groups is 3. The molecule has 184 valence electrons. The average molecular weight is 636 g/mol. The van der Waals surface area contributed by atoms with Gasteiger partial charge in [0.25, 0.3) is 11.1 Å². The molecule has 1 fully saturated rings. The Balaban J connectivity index is 1.57. The first-order chi connectivity index (χ1) is 17.3. The van der Waals surface area contributed by atoms with Gasteiger partial charge in [-0.2, -0.15) is 0 Å². The van der Waals surface area contributed by atoms with E-state index >= 15 is 0 Å². The zero-order valence-corrected chi connectivity index (χ0v) is 22.6. The van der Waals surface area contributed by atoms with Crippen molar-refractivity contribution in [3.63, 3.8) is 0 Å². The van der Waals surface area contributed by atoms with Gasteiger partial charge < -0.3 is 14.6 Å². The molecule has 7 nitrogen and oxygen atoms in total. The highest BCUT2D eigenvalue weighted by atomic mass is 127. The Kier molecular flexibility index (Phi) is 8.22. The smallest absolute Gasteiger partial charge is 0.335 e. The summed E-state index contributed by atoms with van der Waals surface area (Å²) in [5.41, 5.74) is 2.10. The van der Waals surface area contributed by atoms with Crippen LogP contribution in [-0.2, 0) is 11.4 Å². The van der Waals surface area contributed by atoms with E-state index < -0.39 is 17.1 Å². The number of carbonyl (C=O) groups excluding carboxylic acids is 2. The number of carboxylic acids is 1. The van der Waals surface area contributed by atoms with Crippen molar-refractivity contribution in [3.05, 3.63) is 90.9 Å². The number of thioether (sulfide) groups is 1. The third-order valence-electron chi connectivity index (χ3n) is 5.07. The Morgan fingerprint density at radius 2 is 1.86 bits per heavy atom. The quantitative estimate of drug-likeness (QED) is 0.214. The molecule has 2 amide bonds. The van der Waals surface area contributed by atoms with E-state index in [0.29, 0.717) is 34.4 Å². The minimum atomic E-state index is -0.989. The predicted molar refractivity (Wildman–Crippen MR) is 148 cm³/mol. The number of anilines is 1. The van der Waals surface area contributed by atoms with Crippen molar-refractivity contribution in [2.24, 2.45) is 0 Å². The number of imide groups is 1. The number of aromatic carboxylic acids is 1. The highest BCUT2D eigenvalue weighted by Crippen LogP contribution is 2.39. The van der Waals surface area contributed by atoms with Crippen LogP contribution in [0.1, 0.15) is 28.4 Å².